The number of carbonyl (C=O) groups is 1. The zero-order chi connectivity index (χ0) is 9.84. The van der Waals surface area contributed by atoms with E-state index in [1.165, 1.54) is 12.8 Å². The molecule has 1 atom stereocenters. The van der Waals surface area contributed by atoms with Gasteiger partial charge in [0.25, 0.3) is 0 Å². The Balaban J connectivity index is 2.26. The van der Waals surface area contributed by atoms with E-state index in [4.69, 9.17) is 5.11 Å². The van der Waals surface area contributed by atoms with Crippen molar-refractivity contribution in [1.29, 1.82) is 0 Å². The van der Waals surface area contributed by atoms with Crippen LogP contribution in [0.25, 0.3) is 0 Å². The smallest absolute Gasteiger partial charge is 0.307 e. The third-order valence-corrected chi connectivity index (χ3v) is 2.83. The number of hydrogen-bond donors (Lipinski definition) is 1. The first-order valence-electron chi connectivity index (χ1n) is 5.04. The fraction of sp³-hybridized carbons (Fsp3) is 0.900. The van der Waals surface area contributed by atoms with Gasteiger partial charge in [-0.15, -0.1) is 0 Å². The van der Waals surface area contributed by atoms with Gasteiger partial charge in [0.1, 0.15) is 0 Å². The Morgan fingerprint density at radius 2 is 2.08 bits per heavy atom. The Morgan fingerprint density at radius 3 is 2.54 bits per heavy atom. The van der Waals surface area contributed by atoms with Gasteiger partial charge < -0.3 is 10.0 Å². The van der Waals surface area contributed by atoms with Crippen LogP contribution in [-0.2, 0) is 4.79 Å². The van der Waals surface area contributed by atoms with Gasteiger partial charge in [0.2, 0.25) is 0 Å². The van der Waals surface area contributed by atoms with E-state index in [2.05, 4.69) is 11.8 Å². The molecule has 0 unspecified atom stereocenters. The minimum absolute atomic E-state index is 0.228. The topological polar surface area (TPSA) is 40.5 Å². The Morgan fingerprint density at radius 1 is 1.54 bits per heavy atom. The van der Waals surface area contributed by atoms with Crippen molar-refractivity contribution < 1.29 is 9.90 Å². The molecule has 1 rings (SSSR count). The van der Waals surface area contributed by atoms with E-state index in [-0.39, 0.29) is 5.92 Å². The van der Waals surface area contributed by atoms with Crippen LogP contribution in [0.5, 0.6) is 0 Å². The van der Waals surface area contributed by atoms with Crippen LogP contribution in [0, 0.1) is 11.8 Å². The molecule has 0 aromatic carbocycles. The number of piperidine rings is 1. The second kappa shape index (κ2) is 4.61. The minimum atomic E-state index is -0.682. The van der Waals surface area contributed by atoms with Gasteiger partial charge in [0, 0.05) is 6.54 Å². The lowest BCUT2D eigenvalue weighted by atomic mass is 9.98. The van der Waals surface area contributed by atoms with Gasteiger partial charge in [-0.3, -0.25) is 4.79 Å². The first-order valence-corrected chi connectivity index (χ1v) is 5.04. The molecule has 1 N–H and O–H groups in total. The number of carboxylic acid groups (broad SMARTS) is 1. The molecule has 0 aromatic rings. The van der Waals surface area contributed by atoms with Gasteiger partial charge in [-0.25, -0.2) is 0 Å². The maximum atomic E-state index is 10.6. The van der Waals surface area contributed by atoms with Crippen molar-refractivity contribution in [2.24, 2.45) is 11.8 Å². The monoisotopic (exact) mass is 185 g/mol. The highest BCUT2D eigenvalue weighted by Gasteiger charge is 2.20. The second-order valence-corrected chi connectivity index (χ2v) is 4.22. The maximum Gasteiger partial charge on any atom is 0.307 e. The number of carboxylic acids is 1. The van der Waals surface area contributed by atoms with Crippen LogP contribution in [0.1, 0.15) is 26.7 Å². The minimum Gasteiger partial charge on any atom is -0.481 e. The van der Waals surface area contributed by atoms with Gasteiger partial charge >= 0.3 is 5.97 Å². The zero-order valence-corrected chi connectivity index (χ0v) is 8.49. The van der Waals surface area contributed by atoms with Crippen LogP contribution >= 0.6 is 0 Å². The largest absolute Gasteiger partial charge is 0.481 e. The predicted octanol–water partition coefficient (Wildman–Crippen LogP) is 1.44. The first kappa shape index (κ1) is 10.5. The summed E-state index contributed by atoms with van der Waals surface area (Å²) in [6, 6.07) is 0. The molecule has 3 heteroatoms. The summed E-state index contributed by atoms with van der Waals surface area (Å²) in [5, 5.41) is 8.74. The summed E-state index contributed by atoms with van der Waals surface area (Å²) in [6.07, 6.45) is 2.43. The third-order valence-electron chi connectivity index (χ3n) is 2.83. The van der Waals surface area contributed by atoms with Crippen molar-refractivity contribution >= 4 is 5.97 Å². The van der Waals surface area contributed by atoms with Crippen molar-refractivity contribution in [3.63, 3.8) is 0 Å². The molecule has 3 nitrogen and oxygen atoms in total. The van der Waals surface area contributed by atoms with Crippen molar-refractivity contribution in [3.8, 4) is 0 Å². The van der Waals surface area contributed by atoms with E-state index in [0.29, 0.717) is 6.54 Å². The van der Waals surface area contributed by atoms with Crippen LogP contribution < -0.4 is 0 Å². The molecule has 1 aliphatic heterocycles. The molecule has 0 radical (unpaired) electrons. The average molecular weight is 185 g/mol. The molecule has 1 saturated heterocycles. The Kier molecular flexibility index (Phi) is 3.72. The summed E-state index contributed by atoms with van der Waals surface area (Å²) in [6.45, 7) is 6.89. The molecule has 0 amide bonds. The van der Waals surface area contributed by atoms with Crippen molar-refractivity contribution in [2.75, 3.05) is 19.6 Å². The van der Waals surface area contributed by atoms with E-state index in [1.807, 2.05) is 0 Å². The summed E-state index contributed by atoms with van der Waals surface area (Å²) >= 11 is 0. The van der Waals surface area contributed by atoms with Crippen LogP contribution in [0.4, 0.5) is 0 Å². The van der Waals surface area contributed by atoms with Gasteiger partial charge in [-0.05, 0) is 31.8 Å². The van der Waals surface area contributed by atoms with Crippen LogP contribution in [0.2, 0.25) is 0 Å². The summed E-state index contributed by atoms with van der Waals surface area (Å²) in [5.41, 5.74) is 0. The molecular formula is C10H19NO2. The lowest BCUT2D eigenvalue weighted by Crippen LogP contribution is -2.37. The molecule has 0 spiro atoms. The lowest BCUT2D eigenvalue weighted by molar-refractivity contribution is -0.141. The Bertz CT molecular complexity index is 174. The van der Waals surface area contributed by atoms with Gasteiger partial charge in [-0.1, -0.05) is 13.8 Å². The molecule has 1 aliphatic rings. The highest BCUT2D eigenvalue weighted by molar-refractivity contribution is 5.69. The number of rotatable bonds is 3. The Hall–Kier alpha value is -0.570. The molecule has 0 aromatic heterocycles. The van der Waals surface area contributed by atoms with E-state index >= 15 is 0 Å². The molecule has 1 fully saturated rings. The second-order valence-electron chi connectivity index (χ2n) is 4.22. The molecule has 0 saturated carbocycles. The maximum absolute atomic E-state index is 10.6. The normalized spacial score (nSPS) is 22.9. The predicted molar refractivity (Wildman–Crippen MR) is 51.6 cm³/mol. The molecular weight excluding hydrogens is 166 g/mol. The third kappa shape index (κ3) is 3.35. The first-order chi connectivity index (χ1) is 6.09. The van der Waals surface area contributed by atoms with E-state index in [0.717, 1.165) is 19.0 Å². The summed E-state index contributed by atoms with van der Waals surface area (Å²) in [7, 11) is 0. The summed E-state index contributed by atoms with van der Waals surface area (Å²) in [4.78, 5) is 12.9. The molecule has 13 heavy (non-hydrogen) atoms. The van der Waals surface area contributed by atoms with Crippen molar-refractivity contribution in [3.05, 3.63) is 0 Å². The highest BCUT2D eigenvalue weighted by Crippen LogP contribution is 2.16. The van der Waals surface area contributed by atoms with Crippen LogP contribution in [-0.4, -0.2) is 35.6 Å². The number of likely N-dealkylation sites (tertiary alicyclic amines) is 1. The van der Waals surface area contributed by atoms with E-state index in [1.54, 1.807) is 6.92 Å². The molecule has 0 aliphatic carbocycles. The van der Waals surface area contributed by atoms with E-state index < -0.39 is 5.97 Å². The molecule has 0 bridgehead atoms. The number of hydrogen-bond acceptors (Lipinski definition) is 2. The Labute approximate surface area is 79.7 Å². The lowest BCUT2D eigenvalue weighted by Gasteiger charge is -2.31. The fourth-order valence-electron chi connectivity index (χ4n) is 1.71. The van der Waals surface area contributed by atoms with Gasteiger partial charge in [-0.2, -0.15) is 0 Å². The van der Waals surface area contributed by atoms with Crippen LogP contribution in [0.3, 0.4) is 0 Å². The number of nitrogens with zero attached hydrogens (tertiary/aromatic N) is 1. The quantitative estimate of drug-likeness (QED) is 0.723. The average Bonchev–Trinajstić information content (AvgIpc) is 2.08. The fourth-order valence-corrected chi connectivity index (χ4v) is 1.71. The number of aliphatic carboxylic acids is 1. The van der Waals surface area contributed by atoms with E-state index in [9.17, 15) is 4.79 Å². The SMILES string of the molecule is CC1CCN(C[C@H](C)C(=O)O)CC1. The molecule has 76 valence electrons. The molecule has 1 heterocycles. The van der Waals surface area contributed by atoms with Crippen molar-refractivity contribution in [2.45, 2.75) is 26.7 Å². The van der Waals surface area contributed by atoms with Gasteiger partial charge in [0.15, 0.2) is 0 Å². The van der Waals surface area contributed by atoms with Crippen molar-refractivity contribution in [1.82, 2.24) is 4.90 Å². The van der Waals surface area contributed by atoms with Crippen LogP contribution in [0.15, 0.2) is 0 Å². The van der Waals surface area contributed by atoms with Gasteiger partial charge in [0.05, 0.1) is 5.92 Å². The highest BCUT2D eigenvalue weighted by atomic mass is 16.4. The summed E-state index contributed by atoms with van der Waals surface area (Å²) < 4.78 is 0. The zero-order valence-electron chi connectivity index (χ0n) is 8.49. The summed E-state index contributed by atoms with van der Waals surface area (Å²) in [5.74, 6) is -0.0941. The standard InChI is InChI=1S/C10H19NO2/c1-8-3-5-11(6-4-8)7-9(2)10(12)13/h8-9H,3-7H2,1-2H3,(H,12,13)/t9-/m0/s1.